The van der Waals surface area contributed by atoms with Gasteiger partial charge in [-0.3, -0.25) is 9.59 Å². The molecule has 31 heavy (non-hydrogen) atoms. The number of ketones is 1. The van der Waals surface area contributed by atoms with Crippen LogP contribution < -0.4 is 5.32 Å². The average Bonchev–Trinajstić information content (AvgIpc) is 2.74. The van der Waals surface area contributed by atoms with Gasteiger partial charge in [-0.25, -0.2) is 8.42 Å². The Hall–Kier alpha value is -2.77. The van der Waals surface area contributed by atoms with Crippen LogP contribution in [0, 0.1) is 5.41 Å². The molecule has 1 N–H and O–H groups in total. The number of rotatable bonds is 5. The summed E-state index contributed by atoms with van der Waals surface area (Å²) in [5.41, 5.74) is 2.40. The van der Waals surface area contributed by atoms with E-state index in [0.717, 1.165) is 11.1 Å². The lowest BCUT2D eigenvalue weighted by molar-refractivity contribution is -0.116. The Balaban J connectivity index is 1.63. The van der Waals surface area contributed by atoms with Crippen molar-refractivity contribution >= 4 is 27.4 Å². The van der Waals surface area contributed by atoms with E-state index in [9.17, 15) is 18.0 Å². The minimum atomic E-state index is -3.69. The second-order valence-corrected chi connectivity index (χ2v) is 10.3. The summed E-state index contributed by atoms with van der Waals surface area (Å²) in [7, 11) is -3.69. The number of piperidine rings is 1. The molecule has 1 aliphatic carbocycles. The first-order valence-corrected chi connectivity index (χ1v) is 11.9. The van der Waals surface area contributed by atoms with E-state index in [2.05, 4.69) is 17.4 Å². The van der Waals surface area contributed by atoms with Crippen molar-refractivity contribution in [2.24, 2.45) is 5.41 Å². The van der Waals surface area contributed by atoms with Crippen molar-refractivity contribution in [1.29, 1.82) is 0 Å². The molecule has 2 aromatic carbocycles. The highest BCUT2D eigenvalue weighted by atomic mass is 32.2. The Morgan fingerprint density at radius 1 is 1.06 bits per heavy atom. The van der Waals surface area contributed by atoms with Gasteiger partial charge < -0.3 is 5.32 Å². The maximum absolute atomic E-state index is 13.4. The monoisotopic (exact) mass is 438 g/mol. The van der Waals surface area contributed by atoms with Gasteiger partial charge in [0.05, 0.1) is 4.90 Å². The van der Waals surface area contributed by atoms with Gasteiger partial charge in [-0.05, 0) is 55.2 Å². The minimum Gasteiger partial charge on any atom is -0.326 e. The highest BCUT2D eigenvalue weighted by Crippen LogP contribution is 2.46. The molecule has 0 radical (unpaired) electrons. The molecule has 0 saturated carbocycles. The predicted molar refractivity (Wildman–Crippen MR) is 119 cm³/mol. The van der Waals surface area contributed by atoms with Crippen LogP contribution in [0.1, 0.15) is 31.7 Å². The second-order valence-electron chi connectivity index (χ2n) is 8.37. The van der Waals surface area contributed by atoms with Crippen LogP contribution in [0.3, 0.4) is 0 Å². The van der Waals surface area contributed by atoms with Crippen LogP contribution in [0.25, 0.3) is 0 Å². The third-order valence-corrected chi connectivity index (χ3v) is 8.03. The molecule has 162 valence electrons. The van der Waals surface area contributed by atoms with E-state index in [4.69, 9.17) is 0 Å². The molecule has 0 spiro atoms. The lowest BCUT2D eigenvalue weighted by Crippen LogP contribution is -2.49. The molecule has 1 fully saturated rings. The number of carbonyl (C=O) groups is 2. The molecule has 6 nitrogen and oxygen atoms in total. The molecule has 1 amide bonds. The molecule has 1 unspecified atom stereocenters. The number of anilines is 1. The van der Waals surface area contributed by atoms with Crippen LogP contribution >= 0.6 is 0 Å². The zero-order chi connectivity index (χ0) is 22.1. The van der Waals surface area contributed by atoms with E-state index in [-0.39, 0.29) is 22.0 Å². The normalized spacial score (nSPS) is 21.8. The number of carbonyl (C=O) groups excluding carboxylic acids is 2. The summed E-state index contributed by atoms with van der Waals surface area (Å²) >= 11 is 0. The third kappa shape index (κ3) is 4.48. The highest BCUT2D eigenvalue weighted by molar-refractivity contribution is 7.89. The van der Waals surface area contributed by atoms with Crippen molar-refractivity contribution < 1.29 is 18.0 Å². The second kappa shape index (κ2) is 8.40. The summed E-state index contributed by atoms with van der Waals surface area (Å²) in [6.45, 7) is 2.12. The smallest absolute Gasteiger partial charge is 0.243 e. The lowest BCUT2D eigenvalue weighted by atomic mass is 9.66. The quantitative estimate of drug-likeness (QED) is 0.774. The van der Waals surface area contributed by atoms with E-state index in [1.54, 1.807) is 22.5 Å². The first-order valence-electron chi connectivity index (χ1n) is 10.4. The number of fused-ring (bicyclic) bond motifs is 1. The minimum absolute atomic E-state index is 0.128. The predicted octanol–water partition coefficient (Wildman–Crippen LogP) is 3.56. The molecular formula is C24H26N2O4S. The van der Waals surface area contributed by atoms with Crippen molar-refractivity contribution in [3.8, 4) is 0 Å². The molecular weight excluding hydrogens is 412 g/mol. The number of sulfonamides is 1. The number of hydrogen-bond acceptors (Lipinski definition) is 4. The van der Waals surface area contributed by atoms with E-state index in [1.807, 2.05) is 18.2 Å². The molecule has 2 aromatic rings. The Bertz CT molecular complexity index is 1120. The van der Waals surface area contributed by atoms with Crippen molar-refractivity contribution in [2.45, 2.75) is 37.5 Å². The lowest BCUT2D eigenvalue weighted by Gasteiger charge is -2.46. The number of hydrogen-bond donors (Lipinski definition) is 1. The van der Waals surface area contributed by atoms with Crippen molar-refractivity contribution in [3.05, 3.63) is 71.8 Å². The number of nitrogens with zero attached hydrogens (tertiary/aromatic N) is 1. The van der Waals surface area contributed by atoms with Gasteiger partial charge in [0.2, 0.25) is 15.9 Å². The molecule has 0 aromatic heterocycles. The number of amides is 1. The van der Waals surface area contributed by atoms with Crippen molar-refractivity contribution in [3.63, 3.8) is 0 Å². The summed E-state index contributed by atoms with van der Waals surface area (Å²) in [5, 5.41) is 2.65. The Labute approximate surface area is 183 Å². The van der Waals surface area contributed by atoms with Crippen LogP contribution in [0.4, 0.5) is 5.69 Å². The van der Waals surface area contributed by atoms with Crippen LogP contribution in [-0.2, 0) is 26.0 Å². The Morgan fingerprint density at radius 3 is 2.45 bits per heavy atom. The molecule has 1 heterocycles. The molecule has 7 heteroatoms. The zero-order valence-corrected chi connectivity index (χ0v) is 18.3. The fraction of sp³-hybridized carbons (Fsp3) is 0.333. The summed E-state index contributed by atoms with van der Waals surface area (Å²) < 4.78 is 28.4. The number of benzene rings is 2. The van der Waals surface area contributed by atoms with Gasteiger partial charge in [0, 0.05) is 37.5 Å². The van der Waals surface area contributed by atoms with E-state index in [0.29, 0.717) is 44.5 Å². The van der Waals surface area contributed by atoms with Crippen molar-refractivity contribution in [2.75, 3.05) is 18.4 Å². The highest BCUT2D eigenvalue weighted by Gasteiger charge is 2.45. The van der Waals surface area contributed by atoms with E-state index >= 15 is 0 Å². The molecule has 2 aliphatic rings. The fourth-order valence-electron chi connectivity index (χ4n) is 4.63. The maximum atomic E-state index is 13.4. The van der Waals surface area contributed by atoms with Gasteiger partial charge in [-0.1, -0.05) is 35.9 Å². The maximum Gasteiger partial charge on any atom is 0.243 e. The number of allylic oxidation sites excluding steroid dienone is 1. The standard InChI is InChI=1S/C24H26N2O4S/c1-18(27)25-21-7-9-23(10-8-21)31(29,30)26-14-12-20-15-22(28)11-13-24(20,17-26)16-19-5-3-2-4-6-19/h2-10,15H,11-14,16-17H2,1H3,(H,25,27). The summed E-state index contributed by atoms with van der Waals surface area (Å²) in [4.78, 5) is 23.5. The Kier molecular flexibility index (Phi) is 5.81. The first-order chi connectivity index (χ1) is 14.8. The molecule has 1 atom stereocenters. The first kappa shape index (κ1) is 21.5. The summed E-state index contributed by atoms with van der Waals surface area (Å²) in [6.07, 6.45) is 4.11. The largest absolute Gasteiger partial charge is 0.326 e. The van der Waals surface area contributed by atoms with Gasteiger partial charge in [0.1, 0.15) is 0 Å². The fourth-order valence-corrected chi connectivity index (χ4v) is 6.16. The van der Waals surface area contributed by atoms with Gasteiger partial charge in [0.15, 0.2) is 5.78 Å². The van der Waals surface area contributed by atoms with Crippen LogP contribution in [-0.4, -0.2) is 37.5 Å². The van der Waals surface area contributed by atoms with Gasteiger partial charge in [-0.15, -0.1) is 0 Å². The topological polar surface area (TPSA) is 83.6 Å². The summed E-state index contributed by atoms with van der Waals surface area (Å²) in [5.74, 6) is -0.0794. The third-order valence-electron chi connectivity index (χ3n) is 6.17. The van der Waals surface area contributed by atoms with Crippen LogP contribution in [0.2, 0.25) is 0 Å². The van der Waals surface area contributed by atoms with Crippen LogP contribution in [0.15, 0.2) is 71.1 Å². The summed E-state index contributed by atoms with van der Waals surface area (Å²) in [6, 6.07) is 16.3. The van der Waals surface area contributed by atoms with Gasteiger partial charge in [0.25, 0.3) is 0 Å². The SMILES string of the molecule is CC(=O)Nc1ccc(S(=O)(=O)N2CCC3=CC(=O)CCC3(Cc3ccccc3)C2)cc1. The molecule has 1 aliphatic heterocycles. The van der Waals surface area contributed by atoms with Crippen LogP contribution in [0.5, 0.6) is 0 Å². The van der Waals surface area contributed by atoms with E-state index < -0.39 is 10.0 Å². The molecule has 1 saturated heterocycles. The molecule has 0 bridgehead atoms. The zero-order valence-electron chi connectivity index (χ0n) is 17.5. The Morgan fingerprint density at radius 2 is 1.77 bits per heavy atom. The molecule has 4 rings (SSSR count). The van der Waals surface area contributed by atoms with E-state index in [1.165, 1.54) is 19.1 Å². The van der Waals surface area contributed by atoms with Gasteiger partial charge >= 0.3 is 0 Å². The average molecular weight is 439 g/mol. The van der Waals surface area contributed by atoms with Crippen molar-refractivity contribution in [1.82, 2.24) is 4.31 Å². The van der Waals surface area contributed by atoms with Gasteiger partial charge in [-0.2, -0.15) is 4.31 Å². The number of nitrogens with one attached hydrogen (secondary N) is 1.